The van der Waals surface area contributed by atoms with E-state index in [1.807, 2.05) is 24.3 Å². The van der Waals surface area contributed by atoms with E-state index in [0.717, 1.165) is 12.8 Å². The first-order chi connectivity index (χ1) is 9.93. The highest BCUT2D eigenvalue weighted by molar-refractivity contribution is 5.85. The van der Waals surface area contributed by atoms with Gasteiger partial charge in [0.2, 0.25) is 11.7 Å². The van der Waals surface area contributed by atoms with Gasteiger partial charge in [0.1, 0.15) is 0 Å². The lowest BCUT2D eigenvalue weighted by Gasteiger charge is -2.02. The van der Waals surface area contributed by atoms with E-state index in [0.29, 0.717) is 5.82 Å². The molecule has 0 spiro atoms. The van der Waals surface area contributed by atoms with Gasteiger partial charge in [-0.3, -0.25) is 4.79 Å². The number of nitrogens with zero attached hydrogens (tertiary/aromatic N) is 2. The predicted octanol–water partition coefficient (Wildman–Crippen LogP) is 2.63. The van der Waals surface area contributed by atoms with Crippen molar-refractivity contribution in [3.05, 3.63) is 47.1 Å². The van der Waals surface area contributed by atoms with Crippen LogP contribution in [0.15, 0.2) is 28.8 Å². The largest absolute Gasteiger partial charge is 0.450 e. The molecule has 0 saturated heterocycles. The molecular formula is C14H11F3N2O2. The summed E-state index contributed by atoms with van der Waals surface area (Å²) in [6.07, 6.45) is -4.33. The van der Waals surface area contributed by atoms with Crippen molar-refractivity contribution in [1.29, 1.82) is 0 Å². The number of carbonyl (C=O) groups is 1. The first kappa shape index (κ1) is 13.8. The fraction of sp³-hybridized carbons (Fsp3) is 0.357. The Morgan fingerprint density at radius 2 is 1.86 bits per heavy atom. The molecule has 110 valence electrons. The molecule has 3 rings (SSSR count). The molecule has 0 saturated carbocycles. The third-order valence-electron chi connectivity index (χ3n) is 3.53. The maximum Gasteiger partial charge on any atom is 0.450 e. The average molecular weight is 296 g/mol. The summed E-state index contributed by atoms with van der Waals surface area (Å²) in [7, 11) is 0. The smallest absolute Gasteiger partial charge is 0.339 e. The molecule has 1 aromatic carbocycles. The van der Waals surface area contributed by atoms with Crippen LogP contribution < -0.4 is 0 Å². The van der Waals surface area contributed by atoms with Crippen molar-refractivity contribution in [3.63, 3.8) is 0 Å². The molecule has 0 amide bonds. The highest BCUT2D eigenvalue weighted by Crippen LogP contribution is 2.32. The van der Waals surface area contributed by atoms with Gasteiger partial charge in [-0.1, -0.05) is 29.4 Å². The Morgan fingerprint density at radius 3 is 2.43 bits per heavy atom. The Hall–Kier alpha value is -2.18. The summed E-state index contributed by atoms with van der Waals surface area (Å²) < 4.78 is 41.3. The van der Waals surface area contributed by atoms with Crippen LogP contribution >= 0.6 is 0 Å². The topological polar surface area (TPSA) is 56.0 Å². The lowest BCUT2D eigenvalue weighted by Crippen LogP contribution is -2.24. The molecule has 1 aliphatic rings. The highest BCUT2D eigenvalue weighted by Gasteiger charge is 2.39. The summed E-state index contributed by atoms with van der Waals surface area (Å²) in [5.41, 5.74) is 2.36. The highest BCUT2D eigenvalue weighted by atomic mass is 19.4. The van der Waals surface area contributed by atoms with Crippen LogP contribution in [-0.4, -0.2) is 22.1 Å². The van der Waals surface area contributed by atoms with Crippen LogP contribution in [0.4, 0.5) is 13.2 Å². The van der Waals surface area contributed by atoms with E-state index >= 15 is 0 Å². The molecular weight excluding hydrogens is 285 g/mol. The van der Waals surface area contributed by atoms with Gasteiger partial charge in [-0.05, 0) is 24.0 Å². The third-order valence-corrected chi connectivity index (χ3v) is 3.53. The number of ketones is 1. The average Bonchev–Trinajstić information content (AvgIpc) is 3.02. The second kappa shape index (κ2) is 4.98. The van der Waals surface area contributed by atoms with Crippen molar-refractivity contribution in [2.24, 2.45) is 0 Å². The number of hydrogen-bond acceptors (Lipinski definition) is 4. The van der Waals surface area contributed by atoms with E-state index in [1.165, 1.54) is 11.1 Å². The van der Waals surface area contributed by atoms with Crippen molar-refractivity contribution in [1.82, 2.24) is 10.1 Å². The van der Waals surface area contributed by atoms with Gasteiger partial charge in [0.25, 0.3) is 0 Å². The van der Waals surface area contributed by atoms with Crippen LogP contribution in [-0.2, 0) is 24.1 Å². The van der Waals surface area contributed by atoms with E-state index in [9.17, 15) is 18.0 Å². The Bertz CT molecular complexity index is 654. The summed E-state index contributed by atoms with van der Waals surface area (Å²) in [4.78, 5) is 14.8. The molecule has 0 radical (unpaired) electrons. The minimum atomic E-state index is -4.88. The molecule has 2 aromatic rings. The van der Waals surface area contributed by atoms with Gasteiger partial charge >= 0.3 is 6.18 Å². The molecule has 21 heavy (non-hydrogen) atoms. The van der Waals surface area contributed by atoms with Crippen molar-refractivity contribution in [2.45, 2.75) is 31.4 Å². The van der Waals surface area contributed by atoms with Crippen molar-refractivity contribution < 1.29 is 22.5 Å². The van der Waals surface area contributed by atoms with Gasteiger partial charge in [0, 0.05) is 5.92 Å². The monoisotopic (exact) mass is 296 g/mol. The summed E-state index contributed by atoms with van der Waals surface area (Å²) in [5, 5.41) is 3.71. The number of benzene rings is 1. The number of aromatic nitrogens is 2. The molecule has 0 aliphatic heterocycles. The van der Waals surface area contributed by atoms with Crippen LogP contribution in [0.3, 0.4) is 0 Å². The molecule has 1 aromatic heterocycles. The van der Waals surface area contributed by atoms with Gasteiger partial charge in [-0.2, -0.15) is 18.2 Å². The second-order valence-electron chi connectivity index (χ2n) is 5.02. The Morgan fingerprint density at radius 1 is 1.24 bits per heavy atom. The molecule has 0 atom stereocenters. The minimum Gasteiger partial charge on any atom is -0.339 e. The van der Waals surface area contributed by atoms with Crippen molar-refractivity contribution in [3.8, 4) is 0 Å². The van der Waals surface area contributed by atoms with Crippen LogP contribution in [0.2, 0.25) is 0 Å². The standard InChI is InChI=1S/C14H11F3N2O2/c15-14(16,17)11(20)7-12-18-13(19-21-12)10-5-8-3-1-2-4-9(8)6-10/h1-4,10H,5-7H2. The Labute approximate surface area is 118 Å². The molecule has 1 heterocycles. The molecule has 1 aliphatic carbocycles. The molecule has 7 heteroatoms. The van der Waals surface area contributed by atoms with Gasteiger partial charge in [-0.25, -0.2) is 0 Å². The van der Waals surface area contributed by atoms with Crippen LogP contribution in [0.5, 0.6) is 0 Å². The lowest BCUT2D eigenvalue weighted by atomic mass is 10.1. The maximum absolute atomic E-state index is 12.2. The van der Waals surface area contributed by atoms with Gasteiger partial charge < -0.3 is 4.52 Å². The SMILES string of the molecule is O=C(Cc1nc(C2Cc3ccccc3C2)no1)C(F)(F)F. The fourth-order valence-corrected chi connectivity index (χ4v) is 2.48. The summed E-state index contributed by atoms with van der Waals surface area (Å²) in [5.74, 6) is -1.83. The maximum atomic E-state index is 12.2. The number of alkyl halides is 3. The summed E-state index contributed by atoms with van der Waals surface area (Å²) >= 11 is 0. The van der Waals surface area contributed by atoms with Gasteiger partial charge in [0.05, 0.1) is 6.42 Å². The zero-order chi connectivity index (χ0) is 15.0. The van der Waals surface area contributed by atoms with E-state index in [-0.39, 0.29) is 11.8 Å². The molecule has 4 nitrogen and oxygen atoms in total. The number of fused-ring (bicyclic) bond motifs is 1. The van der Waals surface area contributed by atoms with Crippen molar-refractivity contribution in [2.75, 3.05) is 0 Å². The zero-order valence-corrected chi connectivity index (χ0v) is 10.9. The zero-order valence-electron chi connectivity index (χ0n) is 10.9. The van der Waals surface area contributed by atoms with E-state index in [1.54, 1.807) is 0 Å². The summed E-state index contributed by atoms with van der Waals surface area (Å²) in [6.45, 7) is 0. The molecule has 0 bridgehead atoms. The van der Waals surface area contributed by atoms with Crippen molar-refractivity contribution >= 4 is 5.78 Å². The number of Topliss-reactive ketones (excluding diaryl/α,β-unsaturated/α-hetero) is 1. The Kier molecular flexibility index (Phi) is 3.27. The number of rotatable bonds is 3. The number of halogens is 3. The van der Waals surface area contributed by atoms with Gasteiger partial charge in [0.15, 0.2) is 5.82 Å². The van der Waals surface area contributed by atoms with Crippen LogP contribution in [0.1, 0.15) is 28.8 Å². The normalized spacial score (nSPS) is 15.2. The predicted molar refractivity (Wildman–Crippen MR) is 65.7 cm³/mol. The Balaban J connectivity index is 1.71. The second-order valence-corrected chi connectivity index (χ2v) is 5.02. The van der Waals surface area contributed by atoms with Crippen LogP contribution in [0.25, 0.3) is 0 Å². The van der Waals surface area contributed by atoms with Gasteiger partial charge in [-0.15, -0.1) is 0 Å². The first-order valence-corrected chi connectivity index (χ1v) is 6.43. The fourth-order valence-electron chi connectivity index (χ4n) is 2.48. The number of hydrogen-bond donors (Lipinski definition) is 0. The molecule has 0 fully saturated rings. The van der Waals surface area contributed by atoms with E-state index in [4.69, 9.17) is 4.52 Å². The number of carbonyl (C=O) groups excluding carboxylic acids is 1. The van der Waals surface area contributed by atoms with E-state index in [2.05, 4.69) is 10.1 Å². The minimum absolute atomic E-state index is 0.0131. The third kappa shape index (κ3) is 2.81. The molecule has 0 unspecified atom stereocenters. The quantitative estimate of drug-likeness (QED) is 0.873. The van der Waals surface area contributed by atoms with E-state index < -0.39 is 18.4 Å². The first-order valence-electron chi connectivity index (χ1n) is 6.43. The lowest BCUT2D eigenvalue weighted by molar-refractivity contribution is -0.170. The summed E-state index contributed by atoms with van der Waals surface area (Å²) in [6, 6.07) is 7.88. The van der Waals surface area contributed by atoms with Crippen LogP contribution in [0, 0.1) is 0 Å². The molecule has 0 N–H and O–H groups in total.